The molecular formula is C15H21N3O. The molecule has 0 saturated carbocycles. The van der Waals surface area contributed by atoms with E-state index in [0.717, 1.165) is 23.9 Å². The summed E-state index contributed by atoms with van der Waals surface area (Å²) in [5, 5.41) is 1.14. The number of likely N-dealkylation sites (N-methyl/N-ethyl adjacent to an activating group) is 1. The Labute approximate surface area is 113 Å². The lowest BCUT2D eigenvalue weighted by Crippen LogP contribution is -2.31. The summed E-state index contributed by atoms with van der Waals surface area (Å²) >= 11 is 0. The van der Waals surface area contributed by atoms with Gasteiger partial charge in [0, 0.05) is 18.1 Å². The Balaban J connectivity index is 2.45. The highest BCUT2D eigenvalue weighted by atomic mass is 16.2. The zero-order chi connectivity index (χ0) is 14.0. The van der Waals surface area contributed by atoms with Gasteiger partial charge in [-0.2, -0.15) is 0 Å². The third-order valence-electron chi connectivity index (χ3n) is 3.25. The maximum absolute atomic E-state index is 12.1. The molecule has 4 heteroatoms. The number of aromatic nitrogens is 1. The first-order valence-electron chi connectivity index (χ1n) is 6.54. The second-order valence-corrected chi connectivity index (χ2v) is 5.22. The molecule has 1 unspecified atom stereocenters. The van der Waals surface area contributed by atoms with Crippen molar-refractivity contribution in [3.63, 3.8) is 0 Å². The Kier molecular flexibility index (Phi) is 4.02. The summed E-state index contributed by atoms with van der Waals surface area (Å²) in [5.41, 5.74) is 7.85. The van der Waals surface area contributed by atoms with Gasteiger partial charge in [0.05, 0.1) is 11.6 Å². The lowest BCUT2D eigenvalue weighted by molar-refractivity contribution is 0.0892. The number of hydrogen-bond acceptors (Lipinski definition) is 3. The molecule has 1 aromatic carbocycles. The molecule has 0 radical (unpaired) electrons. The SMILES string of the molecule is CC(N)C(=O)n1cc(CCN(C)C)c2ccccc21. The molecular weight excluding hydrogens is 238 g/mol. The topological polar surface area (TPSA) is 51.3 Å². The quantitative estimate of drug-likeness (QED) is 0.910. The highest BCUT2D eigenvalue weighted by Gasteiger charge is 2.15. The average molecular weight is 259 g/mol. The first-order valence-corrected chi connectivity index (χ1v) is 6.54. The zero-order valence-electron chi connectivity index (χ0n) is 11.8. The van der Waals surface area contributed by atoms with Crippen molar-refractivity contribution in [2.45, 2.75) is 19.4 Å². The summed E-state index contributed by atoms with van der Waals surface area (Å²) in [6, 6.07) is 7.49. The second kappa shape index (κ2) is 5.55. The Bertz CT molecular complexity index is 584. The third-order valence-corrected chi connectivity index (χ3v) is 3.25. The molecule has 2 N–H and O–H groups in total. The monoisotopic (exact) mass is 259 g/mol. The van der Waals surface area contributed by atoms with Crippen LogP contribution in [0.5, 0.6) is 0 Å². The molecule has 0 aliphatic rings. The summed E-state index contributed by atoms with van der Waals surface area (Å²) < 4.78 is 1.69. The van der Waals surface area contributed by atoms with Crippen molar-refractivity contribution in [3.8, 4) is 0 Å². The average Bonchev–Trinajstić information content (AvgIpc) is 2.74. The van der Waals surface area contributed by atoms with E-state index >= 15 is 0 Å². The number of benzene rings is 1. The van der Waals surface area contributed by atoms with Crippen LogP contribution < -0.4 is 5.73 Å². The van der Waals surface area contributed by atoms with Crippen LogP contribution in [0.25, 0.3) is 10.9 Å². The van der Waals surface area contributed by atoms with Gasteiger partial charge in [0.2, 0.25) is 5.91 Å². The minimum atomic E-state index is -0.488. The van der Waals surface area contributed by atoms with E-state index in [0.29, 0.717) is 0 Å². The highest BCUT2D eigenvalue weighted by Crippen LogP contribution is 2.22. The number of nitrogens with two attached hydrogens (primary N) is 1. The van der Waals surface area contributed by atoms with Crippen LogP contribution in [0.15, 0.2) is 30.5 Å². The Morgan fingerprint density at radius 2 is 2.05 bits per heavy atom. The molecule has 0 saturated heterocycles. The lowest BCUT2D eigenvalue weighted by atomic mass is 10.1. The van der Waals surface area contributed by atoms with Crippen molar-refractivity contribution in [2.75, 3.05) is 20.6 Å². The molecule has 0 fully saturated rings. The van der Waals surface area contributed by atoms with Gasteiger partial charge in [-0.05, 0) is 39.1 Å². The minimum absolute atomic E-state index is 0.0627. The summed E-state index contributed by atoms with van der Waals surface area (Å²) in [4.78, 5) is 14.3. The normalized spacial score (nSPS) is 13.1. The lowest BCUT2D eigenvalue weighted by Gasteiger charge is -2.08. The van der Waals surface area contributed by atoms with E-state index in [2.05, 4.69) is 11.0 Å². The maximum Gasteiger partial charge on any atom is 0.247 e. The highest BCUT2D eigenvalue weighted by molar-refractivity contribution is 5.96. The van der Waals surface area contributed by atoms with Gasteiger partial charge in [0.1, 0.15) is 0 Å². The standard InChI is InChI=1S/C15H21N3O/c1-11(16)15(19)18-10-12(8-9-17(2)3)13-6-4-5-7-14(13)18/h4-7,10-11H,8-9,16H2,1-3H3. The van der Waals surface area contributed by atoms with Crippen LogP contribution in [-0.4, -0.2) is 42.1 Å². The van der Waals surface area contributed by atoms with Crippen LogP contribution in [0.1, 0.15) is 17.3 Å². The van der Waals surface area contributed by atoms with E-state index in [1.54, 1.807) is 11.5 Å². The van der Waals surface area contributed by atoms with Crippen molar-refractivity contribution < 1.29 is 4.79 Å². The molecule has 1 heterocycles. The molecule has 0 amide bonds. The minimum Gasteiger partial charge on any atom is -0.320 e. The zero-order valence-corrected chi connectivity index (χ0v) is 11.8. The van der Waals surface area contributed by atoms with E-state index in [1.807, 2.05) is 38.5 Å². The first kappa shape index (κ1) is 13.8. The molecule has 19 heavy (non-hydrogen) atoms. The van der Waals surface area contributed by atoms with Crippen molar-refractivity contribution in [3.05, 3.63) is 36.0 Å². The van der Waals surface area contributed by atoms with Crippen LogP contribution >= 0.6 is 0 Å². The van der Waals surface area contributed by atoms with Crippen LogP contribution in [0.2, 0.25) is 0 Å². The van der Waals surface area contributed by atoms with Crippen LogP contribution in [0, 0.1) is 0 Å². The van der Waals surface area contributed by atoms with Crippen LogP contribution in [-0.2, 0) is 6.42 Å². The predicted molar refractivity (Wildman–Crippen MR) is 78.5 cm³/mol. The largest absolute Gasteiger partial charge is 0.320 e. The van der Waals surface area contributed by atoms with E-state index in [-0.39, 0.29) is 5.91 Å². The fraction of sp³-hybridized carbons (Fsp3) is 0.400. The predicted octanol–water partition coefficient (Wildman–Crippen LogP) is 1.73. The number of carbonyl (C=O) groups excluding carboxylic acids is 1. The van der Waals surface area contributed by atoms with Gasteiger partial charge >= 0.3 is 0 Å². The number of hydrogen-bond donors (Lipinski definition) is 1. The number of nitrogens with zero attached hydrogens (tertiary/aromatic N) is 2. The van der Waals surface area contributed by atoms with Crippen molar-refractivity contribution in [1.29, 1.82) is 0 Å². The molecule has 102 valence electrons. The van der Waals surface area contributed by atoms with Crippen LogP contribution in [0.4, 0.5) is 0 Å². The van der Waals surface area contributed by atoms with Gasteiger partial charge in [0.15, 0.2) is 0 Å². The van der Waals surface area contributed by atoms with E-state index in [9.17, 15) is 4.79 Å². The molecule has 1 aromatic heterocycles. The number of rotatable bonds is 4. The molecule has 0 aliphatic carbocycles. The summed E-state index contributed by atoms with van der Waals surface area (Å²) in [7, 11) is 4.10. The summed E-state index contributed by atoms with van der Waals surface area (Å²) in [6.07, 6.45) is 2.85. The van der Waals surface area contributed by atoms with Gasteiger partial charge in [0.25, 0.3) is 0 Å². The second-order valence-electron chi connectivity index (χ2n) is 5.22. The molecule has 2 rings (SSSR count). The number of carbonyl (C=O) groups is 1. The van der Waals surface area contributed by atoms with E-state index in [4.69, 9.17) is 5.73 Å². The fourth-order valence-electron chi connectivity index (χ4n) is 2.20. The van der Waals surface area contributed by atoms with Crippen molar-refractivity contribution in [1.82, 2.24) is 9.47 Å². The van der Waals surface area contributed by atoms with Gasteiger partial charge in [-0.15, -0.1) is 0 Å². The molecule has 4 nitrogen and oxygen atoms in total. The van der Waals surface area contributed by atoms with Gasteiger partial charge in [-0.25, -0.2) is 0 Å². The first-order chi connectivity index (χ1) is 9.00. The molecule has 0 spiro atoms. The Hall–Kier alpha value is -1.65. The van der Waals surface area contributed by atoms with Gasteiger partial charge < -0.3 is 10.6 Å². The molecule has 1 atom stereocenters. The fourth-order valence-corrected chi connectivity index (χ4v) is 2.20. The van der Waals surface area contributed by atoms with Crippen molar-refractivity contribution >= 4 is 16.8 Å². The number of fused-ring (bicyclic) bond motifs is 1. The van der Waals surface area contributed by atoms with Gasteiger partial charge in [-0.3, -0.25) is 9.36 Å². The molecule has 2 aromatic rings. The van der Waals surface area contributed by atoms with Crippen LogP contribution in [0.3, 0.4) is 0 Å². The Morgan fingerprint density at radius 1 is 1.37 bits per heavy atom. The summed E-state index contributed by atoms with van der Waals surface area (Å²) in [5.74, 6) is -0.0627. The van der Waals surface area contributed by atoms with Crippen molar-refractivity contribution in [2.24, 2.45) is 5.73 Å². The van der Waals surface area contributed by atoms with Gasteiger partial charge in [-0.1, -0.05) is 18.2 Å². The molecule has 0 bridgehead atoms. The smallest absolute Gasteiger partial charge is 0.247 e. The molecule has 0 aliphatic heterocycles. The summed E-state index contributed by atoms with van der Waals surface area (Å²) in [6.45, 7) is 2.68. The van der Waals surface area contributed by atoms with E-state index < -0.39 is 6.04 Å². The Morgan fingerprint density at radius 3 is 2.68 bits per heavy atom. The maximum atomic E-state index is 12.1. The number of para-hydroxylation sites is 1. The van der Waals surface area contributed by atoms with E-state index in [1.165, 1.54) is 5.56 Å². The third kappa shape index (κ3) is 2.85.